The second-order valence-corrected chi connectivity index (χ2v) is 6.28. The lowest BCUT2D eigenvalue weighted by molar-refractivity contribution is -0.130. The zero-order valence-corrected chi connectivity index (χ0v) is 14.3. The number of benzene rings is 1. The molecule has 2 heterocycles. The molecule has 0 aromatic heterocycles. The van der Waals surface area contributed by atoms with Gasteiger partial charge in [0.2, 0.25) is 5.91 Å². The molecular formula is C18H26N4O2. The second-order valence-electron chi connectivity index (χ2n) is 6.28. The lowest BCUT2D eigenvalue weighted by Gasteiger charge is -2.29. The fourth-order valence-electron chi connectivity index (χ4n) is 3.22. The number of amides is 1. The number of fused-ring (bicyclic) bond motifs is 1. The normalized spacial score (nSPS) is 20.6. The van der Waals surface area contributed by atoms with Gasteiger partial charge in [-0.05, 0) is 30.4 Å². The Morgan fingerprint density at radius 2 is 2.17 bits per heavy atom. The van der Waals surface area contributed by atoms with Gasteiger partial charge < -0.3 is 20.3 Å². The first-order chi connectivity index (χ1) is 11.8. The minimum Gasteiger partial charge on any atom is -0.376 e. The van der Waals surface area contributed by atoms with Crippen LogP contribution in [0.25, 0.3) is 0 Å². The minimum absolute atomic E-state index is 0.101. The van der Waals surface area contributed by atoms with Gasteiger partial charge in [-0.2, -0.15) is 0 Å². The van der Waals surface area contributed by atoms with Gasteiger partial charge in [0.25, 0.3) is 0 Å². The molecule has 0 radical (unpaired) electrons. The quantitative estimate of drug-likeness (QED) is 0.636. The van der Waals surface area contributed by atoms with Gasteiger partial charge in [0, 0.05) is 33.3 Å². The standard InChI is InChI=1S/C18H26N4O2/c1-19-18(20-11-16-7-4-10-24-16)21-12-17(23)22-9-8-14-5-2-3-6-15(14)13-22/h2-3,5-6,16H,4,7-13H2,1H3,(H2,19,20,21). The van der Waals surface area contributed by atoms with Crippen LogP contribution in [-0.4, -0.2) is 56.2 Å². The van der Waals surface area contributed by atoms with Crippen LogP contribution in [0.3, 0.4) is 0 Å². The van der Waals surface area contributed by atoms with Gasteiger partial charge in [0.1, 0.15) is 0 Å². The molecule has 6 heteroatoms. The summed E-state index contributed by atoms with van der Waals surface area (Å²) in [5.74, 6) is 0.751. The Bertz CT molecular complexity index is 596. The summed E-state index contributed by atoms with van der Waals surface area (Å²) in [4.78, 5) is 18.5. The van der Waals surface area contributed by atoms with Gasteiger partial charge >= 0.3 is 0 Å². The molecule has 1 atom stereocenters. The van der Waals surface area contributed by atoms with Crippen molar-refractivity contribution in [1.82, 2.24) is 15.5 Å². The third-order valence-corrected chi connectivity index (χ3v) is 4.64. The van der Waals surface area contributed by atoms with Gasteiger partial charge in [-0.15, -0.1) is 0 Å². The van der Waals surface area contributed by atoms with Crippen LogP contribution < -0.4 is 10.6 Å². The van der Waals surface area contributed by atoms with Crippen molar-refractivity contribution >= 4 is 11.9 Å². The van der Waals surface area contributed by atoms with E-state index in [4.69, 9.17) is 4.74 Å². The Morgan fingerprint density at radius 3 is 2.92 bits per heavy atom. The van der Waals surface area contributed by atoms with Crippen molar-refractivity contribution in [2.45, 2.75) is 31.9 Å². The fraction of sp³-hybridized carbons (Fsp3) is 0.556. The SMILES string of the molecule is CN=C(NCC(=O)N1CCc2ccccc2C1)NCC1CCCO1. The number of aliphatic imine (C=N–C) groups is 1. The third-order valence-electron chi connectivity index (χ3n) is 4.64. The number of carbonyl (C=O) groups excluding carboxylic acids is 1. The third kappa shape index (κ3) is 4.26. The van der Waals surface area contributed by atoms with Crippen molar-refractivity contribution in [3.05, 3.63) is 35.4 Å². The largest absolute Gasteiger partial charge is 0.376 e. The number of nitrogens with one attached hydrogen (secondary N) is 2. The van der Waals surface area contributed by atoms with Crippen LogP contribution in [0.4, 0.5) is 0 Å². The monoisotopic (exact) mass is 330 g/mol. The average molecular weight is 330 g/mol. The maximum absolute atomic E-state index is 12.4. The summed E-state index contributed by atoms with van der Waals surface area (Å²) < 4.78 is 5.58. The van der Waals surface area contributed by atoms with Crippen molar-refractivity contribution in [3.63, 3.8) is 0 Å². The van der Waals surface area contributed by atoms with Crippen molar-refractivity contribution in [1.29, 1.82) is 0 Å². The predicted octanol–water partition coefficient (Wildman–Crippen LogP) is 0.915. The zero-order chi connectivity index (χ0) is 16.8. The molecule has 0 aliphatic carbocycles. The fourth-order valence-corrected chi connectivity index (χ4v) is 3.22. The molecule has 1 aromatic carbocycles. The first-order valence-corrected chi connectivity index (χ1v) is 8.67. The van der Waals surface area contributed by atoms with E-state index in [2.05, 4.69) is 33.8 Å². The molecule has 2 aliphatic heterocycles. The van der Waals surface area contributed by atoms with E-state index in [1.54, 1.807) is 7.05 Å². The molecule has 3 rings (SSSR count). The molecule has 0 saturated carbocycles. The first kappa shape index (κ1) is 16.8. The summed E-state index contributed by atoms with van der Waals surface area (Å²) in [6.45, 7) is 3.30. The predicted molar refractivity (Wildman–Crippen MR) is 93.9 cm³/mol. The lowest BCUT2D eigenvalue weighted by Crippen LogP contribution is -2.47. The molecule has 130 valence electrons. The summed E-state index contributed by atoms with van der Waals surface area (Å²) >= 11 is 0. The van der Waals surface area contributed by atoms with Crippen LogP contribution in [0.1, 0.15) is 24.0 Å². The number of hydrogen-bond acceptors (Lipinski definition) is 3. The molecule has 0 spiro atoms. The van der Waals surface area contributed by atoms with Crippen LogP contribution in [0.5, 0.6) is 0 Å². The van der Waals surface area contributed by atoms with E-state index in [1.807, 2.05) is 11.0 Å². The number of ether oxygens (including phenoxy) is 1. The van der Waals surface area contributed by atoms with E-state index < -0.39 is 0 Å². The average Bonchev–Trinajstić information content (AvgIpc) is 3.14. The summed E-state index contributed by atoms with van der Waals surface area (Å²) in [7, 11) is 1.71. The molecule has 1 fully saturated rings. The van der Waals surface area contributed by atoms with Gasteiger partial charge in [0.05, 0.1) is 12.6 Å². The maximum atomic E-state index is 12.4. The van der Waals surface area contributed by atoms with Crippen molar-refractivity contribution in [2.75, 3.05) is 33.3 Å². The van der Waals surface area contributed by atoms with Crippen LogP contribution >= 0.6 is 0 Å². The van der Waals surface area contributed by atoms with E-state index in [1.165, 1.54) is 11.1 Å². The first-order valence-electron chi connectivity index (χ1n) is 8.67. The van der Waals surface area contributed by atoms with E-state index >= 15 is 0 Å². The molecule has 1 saturated heterocycles. The number of carbonyl (C=O) groups is 1. The highest BCUT2D eigenvalue weighted by Crippen LogP contribution is 2.18. The second kappa shape index (κ2) is 8.15. The van der Waals surface area contributed by atoms with Gasteiger partial charge in [-0.3, -0.25) is 9.79 Å². The molecule has 1 amide bonds. The van der Waals surface area contributed by atoms with Gasteiger partial charge in [-0.25, -0.2) is 0 Å². The number of nitrogens with zero attached hydrogens (tertiary/aromatic N) is 2. The summed E-state index contributed by atoms with van der Waals surface area (Å²) in [5.41, 5.74) is 2.60. The van der Waals surface area contributed by atoms with Crippen molar-refractivity contribution in [2.24, 2.45) is 4.99 Å². The van der Waals surface area contributed by atoms with Gasteiger partial charge in [-0.1, -0.05) is 24.3 Å². The molecule has 1 unspecified atom stereocenters. The Balaban J connectivity index is 1.44. The zero-order valence-electron chi connectivity index (χ0n) is 14.3. The Labute approximate surface area is 143 Å². The van der Waals surface area contributed by atoms with Gasteiger partial charge in [0.15, 0.2) is 5.96 Å². The molecule has 1 aromatic rings. The Hall–Kier alpha value is -2.08. The van der Waals surface area contributed by atoms with Crippen molar-refractivity contribution < 1.29 is 9.53 Å². The smallest absolute Gasteiger partial charge is 0.242 e. The number of rotatable bonds is 4. The number of hydrogen-bond donors (Lipinski definition) is 2. The maximum Gasteiger partial charge on any atom is 0.242 e. The van der Waals surface area contributed by atoms with Crippen molar-refractivity contribution in [3.8, 4) is 0 Å². The van der Waals surface area contributed by atoms with Crippen LogP contribution in [0.2, 0.25) is 0 Å². The highest BCUT2D eigenvalue weighted by atomic mass is 16.5. The molecule has 0 bridgehead atoms. The Morgan fingerprint density at radius 1 is 1.33 bits per heavy atom. The molecule has 2 aliphatic rings. The summed E-state index contributed by atoms with van der Waals surface area (Å²) in [6, 6.07) is 8.33. The molecule has 6 nitrogen and oxygen atoms in total. The van der Waals surface area contributed by atoms with E-state index in [9.17, 15) is 4.79 Å². The van der Waals surface area contributed by atoms with E-state index in [0.717, 1.165) is 39.0 Å². The number of guanidine groups is 1. The van der Waals surface area contributed by atoms with E-state index in [-0.39, 0.29) is 18.6 Å². The molecular weight excluding hydrogens is 304 g/mol. The minimum atomic E-state index is 0.101. The van der Waals surface area contributed by atoms with Crippen LogP contribution in [0.15, 0.2) is 29.3 Å². The molecule has 2 N–H and O–H groups in total. The lowest BCUT2D eigenvalue weighted by atomic mass is 10.00. The summed E-state index contributed by atoms with van der Waals surface area (Å²) in [5, 5.41) is 6.33. The van der Waals surface area contributed by atoms with E-state index in [0.29, 0.717) is 12.5 Å². The highest BCUT2D eigenvalue weighted by Gasteiger charge is 2.20. The topological polar surface area (TPSA) is 66.0 Å². The van der Waals surface area contributed by atoms with Crippen LogP contribution in [0, 0.1) is 0 Å². The Kier molecular flexibility index (Phi) is 5.69. The van der Waals surface area contributed by atoms with Crippen LogP contribution in [-0.2, 0) is 22.5 Å². The molecule has 24 heavy (non-hydrogen) atoms. The highest BCUT2D eigenvalue weighted by molar-refractivity contribution is 5.86. The summed E-state index contributed by atoms with van der Waals surface area (Å²) in [6.07, 6.45) is 3.37.